The van der Waals surface area contributed by atoms with Gasteiger partial charge in [-0.3, -0.25) is 0 Å². The van der Waals surface area contributed by atoms with Crippen molar-refractivity contribution in [1.82, 2.24) is 15.3 Å². The second kappa shape index (κ2) is 9.77. The molecular formula is C25H27FN4O2S. The minimum absolute atomic E-state index is 0.0490. The quantitative estimate of drug-likeness (QED) is 0.448. The average Bonchev–Trinajstić information content (AvgIpc) is 2.84. The van der Waals surface area contributed by atoms with Gasteiger partial charge in [0.1, 0.15) is 17.3 Å². The molecule has 0 spiro atoms. The number of nitrogens with one attached hydrogen (secondary N) is 1. The zero-order valence-electron chi connectivity index (χ0n) is 18.3. The van der Waals surface area contributed by atoms with Crippen LogP contribution < -0.4 is 11.1 Å². The topological polar surface area (TPSA) is 96.1 Å². The largest absolute Gasteiger partial charge is 0.616 e. The molecule has 2 aromatic heterocycles. The third-order valence-electron chi connectivity index (χ3n) is 6.49. The fourth-order valence-corrected chi connectivity index (χ4v) is 5.93. The fraction of sp³-hybridized carbons (Fsp3) is 0.360. The lowest BCUT2D eigenvalue weighted by atomic mass is 9.84. The van der Waals surface area contributed by atoms with Crippen LogP contribution >= 0.6 is 0 Å². The van der Waals surface area contributed by atoms with E-state index < -0.39 is 17.1 Å². The van der Waals surface area contributed by atoms with Crippen LogP contribution in [-0.4, -0.2) is 45.8 Å². The summed E-state index contributed by atoms with van der Waals surface area (Å²) in [6, 6.07) is 11.6. The van der Waals surface area contributed by atoms with E-state index in [0.717, 1.165) is 43.7 Å². The maximum Gasteiger partial charge on any atom is 0.213 e. The Bertz CT molecular complexity index is 1140. The standard InChI is InChI=1S/C25H27FN4O2S/c26-24-13-18(3-6-29-24)21-12-19(14-30-25(21)27)17-1-2-20(16-4-8-32-9-5-16)22(11-17)23-15-33(31)10-7-28-23/h1-3,6,11-14,16,23,28H,4-5,7-10,15H2,(H2,27,30)/t23-,33+/m0/s1. The van der Waals surface area contributed by atoms with Crippen LogP contribution in [0.3, 0.4) is 0 Å². The molecule has 2 aliphatic heterocycles. The summed E-state index contributed by atoms with van der Waals surface area (Å²) in [7, 11) is 0. The fourth-order valence-electron chi connectivity index (χ4n) is 4.75. The average molecular weight is 467 g/mol. The highest BCUT2D eigenvalue weighted by atomic mass is 32.2. The van der Waals surface area contributed by atoms with Crippen LogP contribution in [0.4, 0.5) is 10.2 Å². The summed E-state index contributed by atoms with van der Waals surface area (Å²) in [5.41, 5.74) is 11.8. The molecule has 0 aliphatic carbocycles. The molecule has 4 heterocycles. The van der Waals surface area contributed by atoms with Gasteiger partial charge in [0.25, 0.3) is 0 Å². The molecule has 5 rings (SSSR count). The van der Waals surface area contributed by atoms with E-state index in [2.05, 4.69) is 33.5 Å². The second-order valence-electron chi connectivity index (χ2n) is 8.57. The van der Waals surface area contributed by atoms with Gasteiger partial charge in [0, 0.05) is 49.3 Å². The predicted molar refractivity (Wildman–Crippen MR) is 129 cm³/mol. The molecule has 0 amide bonds. The van der Waals surface area contributed by atoms with Crippen molar-refractivity contribution in [2.24, 2.45) is 0 Å². The van der Waals surface area contributed by atoms with Crippen LogP contribution in [0.25, 0.3) is 22.3 Å². The molecule has 0 bridgehead atoms. The minimum Gasteiger partial charge on any atom is -0.616 e. The van der Waals surface area contributed by atoms with Crippen LogP contribution in [0.1, 0.15) is 35.9 Å². The Balaban J connectivity index is 1.56. The van der Waals surface area contributed by atoms with Gasteiger partial charge in [-0.15, -0.1) is 0 Å². The molecule has 2 atom stereocenters. The Morgan fingerprint density at radius 2 is 1.88 bits per heavy atom. The number of nitrogen functional groups attached to an aromatic ring is 1. The van der Waals surface area contributed by atoms with Crippen molar-refractivity contribution in [1.29, 1.82) is 0 Å². The first-order valence-electron chi connectivity index (χ1n) is 11.3. The summed E-state index contributed by atoms with van der Waals surface area (Å²) in [5, 5.41) is 3.57. The number of benzene rings is 1. The Morgan fingerprint density at radius 1 is 1.03 bits per heavy atom. The van der Waals surface area contributed by atoms with Gasteiger partial charge < -0.3 is 20.3 Å². The highest BCUT2D eigenvalue weighted by Crippen LogP contribution is 2.37. The molecule has 33 heavy (non-hydrogen) atoms. The van der Waals surface area contributed by atoms with Crippen molar-refractivity contribution < 1.29 is 13.7 Å². The molecule has 2 saturated heterocycles. The van der Waals surface area contributed by atoms with E-state index in [1.165, 1.54) is 23.4 Å². The lowest BCUT2D eigenvalue weighted by Crippen LogP contribution is -2.39. The summed E-state index contributed by atoms with van der Waals surface area (Å²) < 4.78 is 31.6. The number of halogens is 1. The van der Waals surface area contributed by atoms with Gasteiger partial charge in [0.2, 0.25) is 5.95 Å². The van der Waals surface area contributed by atoms with E-state index >= 15 is 0 Å². The molecule has 0 saturated carbocycles. The number of ether oxygens (including phenoxy) is 1. The lowest BCUT2D eigenvalue weighted by Gasteiger charge is -2.31. The van der Waals surface area contributed by atoms with E-state index in [4.69, 9.17) is 10.5 Å². The van der Waals surface area contributed by atoms with E-state index in [9.17, 15) is 8.94 Å². The third-order valence-corrected chi connectivity index (χ3v) is 7.85. The zero-order chi connectivity index (χ0) is 22.8. The molecule has 8 heteroatoms. The first-order chi connectivity index (χ1) is 16.1. The smallest absolute Gasteiger partial charge is 0.213 e. The lowest BCUT2D eigenvalue weighted by molar-refractivity contribution is 0.0850. The number of anilines is 1. The Kier molecular flexibility index (Phi) is 6.59. The van der Waals surface area contributed by atoms with Crippen LogP contribution in [0.5, 0.6) is 0 Å². The summed E-state index contributed by atoms with van der Waals surface area (Å²) in [6.45, 7) is 2.28. The van der Waals surface area contributed by atoms with Gasteiger partial charge in [-0.25, -0.2) is 9.97 Å². The van der Waals surface area contributed by atoms with E-state index in [0.29, 0.717) is 34.4 Å². The predicted octanol–water partition coefficient (Wildman–Crippen LogP) is 3.82. The van der Waals surface area contributed by atoms with Crippen molar-refractivity contribution in [3.8, 4) is 22.3 Å². The van der Waals surface area contributed by atoms with Crippen molar-refractivity contribution in [3.63, 3.8) is 0 Å². The van der Waals surface area contributed by atoms with E-state index in [1.807, 2.05) is 6.07 Å². The number of nitrogens with zero attached hydrogens (tertiary/aromatic N) is 2. The highest BCUT2D eigenvalue weighted by Gasteiger charge is 2.29. The molecule has 2 fully saturated rings. The summed E-state index contributed by atoms with van der Waals surface area (Å²) in [6.07, 6.45) is 5.15. The zero-order valence-corrected chi connectivity index (χ0v) is 19.1. The molecule has 3 aromatic rings. The molecule has 2 aliphatic rings. The molecular weight excluding hydrogens is 439 g/mol. The van der Waals surface area contributed by atoms with Crippen molar-refractivity contribution in [2.45, 2.75) is 24.8 Å². The monoisotopic (exact) mass is 466 g/mol. The molecule has 1 aromatic carbocycles. The number of rotatable bonds is 4. The normalized spacial score (nSPS) is 21.8. The Labute approximate surface area is 196 Å². The summed E-state index contributed by atoms with van der Waals surface area (Å²) >= 11 is -0.827. The number of pyridine rings is 2. The van der Waals surface area contributed by atoms with Gasteiger partial charge in [0.15, 0.2) is 0 Å². The molecule has 172 valence electrons. The van der Waals surface area contributed by atoms with Gasteiger partial charge in [-0.05, 0) is 59.2 Å². The van der Waals surface area contributed by atoms with Gasteiger partial charge >= 0.3 is 0 Å². The van der Waals surface area contributed by atoms with E-state index in [-0.39, 0.29) is 6.04 Å². The summed E-state index contributed by atoms with van der Waals surface area (Å²) in [4.78, 5) is 8.01. The van der Waals surface area contributed by atoms with Crippen molar-refractivity contribution in [3.05, 3.63) is 65.9 Å². The van der Waals surface area contributed by atoms with Crippen LogP contribution in [-0.2, 0) is 15.9 Å². The molecule has 6 nitrogen and oxygen atoms in total. The first kappa shape index (κ1) is 22.3. The molecule has 0 unspecified atom stereocenters. The van der Waals surface area contributed by atoms with Crippen molar-refractivity contribution >= 4 is 17.0 Å². The van der Waals surface area contributed by atoms with Gasteiger partial charge in [-0.2, -0.15) is 4.39 Å². The number of aromatic nitrogens is 2. The summed E-state index contributed by atoms with van der Waals surface area (Å²) in [5.74, 6) is 1.52. The molecule has 3 N–H and O–H groups in total. The van der Waals surface area contributed by atoms with Gasteiger partial charge in [0.05, 0.1) is 6.04 Å². The number of nitrogens with two attached hydrogens (primary N) is 1. The maximum absolute atomic E-state index is 13.7. The van der Waals surface area contributed by atoms with E-state index in [1.54, 1.807) is 12.3 Å². The minimum atomic E-state index is -0.827. The highest BCUT2D eigenvalue weighted by molar-refractivity contribution is 7.91. The Hall–Kier alpha value is -2.52. The maximum atomic E-state index is 13.7. The molecule has 0 radical (unpaired) electrons. The van der Waals surface area contributed by atoms with Crippen molar-refractivity contribution in [2.75, 3.05) is 37.0 Å². The SMILES string of the molecule is Nc1ncc(-c2ccc(C3CCOCC3)c([C@@H]3C[S@+]([O-])CCN3)c2)cc1-c1ccnc(F)c1. The number of hydrogen-bond donors (Lipinski definition) is 2. The van der Waals surface area contributed by atoms with Crippen LogP contribution in [0.15, 0.2) is 48.8 Å². The Morgan fingerprint density at radius 3 is 2.67 bits per heavy atom. The van der Waals surface area contributed by atoms with Crippen LogP contribution in [0.2, 0.25) is 0 Å². The van der Waals surface area contributed by atoms with Crippen LogP contribution in [0, 0.1) is 5.95 Å². The third kappa shape index (κ3) is 4.89. The van der Waals surface area contributed by atoms with Gasteiger partial charge in [-0.1, -0.05) is 23.3 Å². The second-order valence-corrected chi connectivity index (χ2v) is 10.2. The first-order valence-corrected chi connectivity index (χ1v) is 12.7. The number of hydrogen-bond acceptors (Lipinski definition) is 6.